The number of ether oxygens (including phenoxy) is 1. The molecule has 2 fully saturated rings. The zero-order valence-corrected chi connectivity index (χ0v) is 18.3. The van der Waals surface area contributed by atoms with Gasteiger partial charge in [0.15, 0.2) is 6.61 Å². The fourth-order valence-corrected chi connectivity index (χ4v) is 4.84. The number of hydrogen-bond donors (Lipinski definition) is 1. The molecule has 1 aliphatic heterocycles. The van der Waals surface area contributed by atoms with Crippen molar-refractivity contribution in [2.24, 2.45) is 17.8 Å². The maximum Gasteiger partial charge on any atom is 0.329 e. The van der Waals surface area contributed by atoms with Crippen LogP contribution in [-0.4, -0.2) is 46.8 Å². The van der Waals surface area contributed by atoms with Crippen LogP contribution in [0.3, 0.4) is 0 Å². The standard InChI is InChI=1S/C23H31N3O5/c1-15(2)12-18(26-20(28)16-8-4-5-9-17(16)21(26)29)22(30)31-13-19(27)25-23(14-24)10-6-3-7-11-23/h4-5,15-18H,3,6-13H2,1-2H3,(H,25,27)/t16-,17+,18-/m1/s1. The number of fused-ring (bicyclic) bond motifs is 1. The van der Waals surface area contributed by atoms with Crippen molar-refractivity contribution < 1.29 is 23.9 Å². The molecule has 1 saturated heterocycles. The molecule has 3 atom stereocenters. The van der Waals surface area contributed by atoms with Gasteiger partial charge >= 0.3 is 5.97 Å². The predicted octanol–water partition coefficient (Wildman–Crippen LogP) is 2.24. The van der Waals surface area contributed by atoms with Gasteiger partial charge in [0.05, 0.1) is 17.9 Å². The summed E-state index contributed by atoms with van der Waals surface area (Å²) in [5.74, 6) is -2.79. The van der Waals surface area contributed by atoms with Crippen LogP contribution >= 0.6 is 0 Å². The van der Waals surface area contributed by atoms with E-state index in [2.05, 4.69) is 11.4 Å². The number of nitriles is 1. The highest BCUT2D eigenvalue weighted by atomic mass is 16.5. The van der Waals surface area contributed by atoms with Gasteiger partial charge in [0.25, 0.3) is 5.91 Å². The van der Waals surface area contributed by atoms with E-state index in [0.29, 0.717) is 25.7 Å². The van der Waals surface area contributed by atoms with Crippen molar-refractivity contribution in [2.75, 3.05) is 6.61 Å². The zero-order chi connectivity index (χ0) is 22.6. The largest absolute Gasteiger partial charge is 0.454 e. The second kappa shape index (κ2) is 9.63. The molecule has 1 heterocycles. The second-order valence-corrected chi connectivity index (χ2v) is 9.26. The minimum absolute atomic E-state index is 0.0387. The van der Waals surface area contributed by atoms with Crippen molar-refractivity contribution in [3.05, 3.63) is 12.2 Å². The third-order valence-electron chi connectivity index (χ3n) is 6.47. The van der Waals surface area contributed by atoms with Gasteiger partial charge < -0.3 is 10.1 Å². The van der Waals surface area contributed by atoms with Gasteiger partial charge in [-0.2, -0.15) is 5.26 Å². The van der Waals surface area contributed by atoms with E-state index in [4.69, 9.17) is 4.74 Å². The van der Waals surface area contributed by atoms with Crippen LogP contribution in [0.4, 0.5) is 0 Å². The number of nitrogens with one attached hydrogen (secondary N) is 1. The summed E-state index contributed by atoms with van der Waals surface area (Å²) in [6.07, 6.45) is 8.95. The molecular weight excluding hydrogens is 398 g/mol. The lowest BCUT2D eigenvalue weighted by molar-refractivity contribution is -0.161. The van der Waals surface area contributed by atoms with E-state index >= 15 is 0 Å². The Morgan fingerprint density at radius 2 is 1.74 bits per heavy atom. The fourth-order valence-electron chi connectivity index (χ4n) is 4.84. The Kier molecular flexibility index (Phi) is 7.14. The van der Waals surface area contributed by atoms with Gasteiger partial charge in [-0.15, -0.1) is 0 Å². The Morgan fingerprint density at radius 1 is 1.16 bits per heavy atom. The van der Waals surface area contributed by atoms with Gasteiger partial charge in [-0.25, -0.2) is 4.79 Å². The molecule has 8 nitrogen and oxygen atoms in total. The van der Waals surface area contributed by atoms with Crippen molar-refractivity contribution in [1.82, 2.24) is 10.2 Å². The van der Waals surface area contributed by atoms with Gasteiger partial charge in [0.2, 0.25) is 11.8 Å². The normalized spacial score (nSPS) is 25.7. The summed E-state index contributed by atoms with van der Waals surface area (Å²) in [7, 11) is 0. The molecular formula is C23H31N3O5. The van der Waals surface area contributed by atoms with E-state index in [1.54, 1.807) is 0 Å². The first-order chi connectivity index (χ1) is 14.8. The quantitative estimate of drug-likeness (QED) is 0.377. The Morgan fingerprint density at radius 3 is 2.26 bits per heavy atom. The highest BCUT2D eigenvalue weighted by Crippen LogP contribution is 2.37. The van der Waals surface area contributed by atoms with Crippen LogP contribution in [0.5, 0.6) is 0 Å². The lowest BCUT2D eigenvalue weighted by Crippen LogP contribution is -2.51. The Hall–Kier alpha value is -2.69. The Labute approximate surface area is 183 Å². The van der Waals surface area contributed by atoms with Crippen LogP contribution in [-0.2, 0) is 23.9 Å². The molecule has 3 amide bonds. The molecule has 2 aliphatic carbocycles. The second-order valence-electron chi connectivity index (χ2n) is 9.26. The third-order valence-corrected chi connectivity index (χ3v) is 6.47. The predicted molar refractivity (Wildman–Crippen MR) is 111 cm³/mol. The molecule has 31 heavy (non-hydrogen) atoms. The summed E-state index contributed by atoms with van der Waals surface area (Å²) in [6.45, 7) is 3.25. The van der Waals surface area contributed by atoms with E-state index in [0.717, 1.165) is 24.2 Å². The monoisotopic (exact) mass is 429 g/mol. The maximum absolute atomic E-state index is 12.9. The van der Waals surface area contributed by atoms with Crippen LogP contribution in [0.1, 0.15) is 65.2 Å². The number of hydrogen-bond acceptors (Lipinski definition) is 6. The molecule has 0 aromatic rings. The summed E-state index contributed by atoms with van der Waals surface area (Å²) in [5, 5.41) is 12.2. The number of nitrogens with zero attached hydrogens (tertiary/aromatic N) is 2. The highest BCUT2D eigenvalue weighted by Gasteiger charge is 2.51. The smallest absolute Gasteiger partial charge is 0.329 e. The molecule has 0 unspecified atom stereocenters. The molecule has 168 valence electrons. The van der Waals surface area contributed by atoms with Gasteiger partial charge in [0, 0.05) is 0 Å². The van der Waals surface area contributed by atoms with Crippen LogP contribution in [0.2, 0.25) is 0 Å². The van der Waals surface area contributed by atoms with Crippen molar-refractivity contribution in [3.8, 4) is 6.07 Å². The highest BCUT2D eigenvalue weighted by molar-refractivity contribution is 6.08. The van der Waals surface area contributed by atoms with Gasteiger partial charge in [-0.1, -0.05) is 45.3 Å². The SMILES string of the molecule is CC(C)C[C@H](C(=O)OCC(=O)NC1(C#N)CCCCC1)N1C(=O)[C@H]2CC=CC[C@H]2C1=O. The lowest BCUT2D eigenvalue weighted by Gasteiger charge is -2.31. The van der Waals surface area contributed by atoms with Crippen molar-refractivity contribution in [3.63, 3.8) is 0 Å². The summed E-state index contributed by atoms with van der Waals surface area (Å²) in [4.78, 5) is 52.1. The number of carbonyl (C=O) groups excluding carboxylic acids is 4. The maximum atomic E-state index is 12.9. The number of imide groups is 1. The molecule has 0 bridgehead atoms. The Bertz CT molecular complexity index is 781. The number of allylic oxidation sites excluding steroid dienone is 2. The van der Waals surface area contributed by atoms with Gasteiger partial charge in [-0.3, -0.25) is 19.3 Å². The minimum atomic E-state index is -1.04. The molecule has 0 spiro atoms. The molecule has 8 heteroatoms. The minimum Gasteiger partial charge on any atom is -0.454 e. The molecule has 3 aliphatic rings. The summed E-state index contributed by atoms with van der Waals surface area (Å²) < 4.78 is 5.24. The van der Waals surface area contributed by atoms with Crippen molar-refractivity contribution >= 4 is 23.7 Å². The topological polar surface area (TPSA) is 117 Å². The molecule has 1 N–H and O–H groups in total. The molecule has 0 radical (unpaired) electrons. The summed E-state index contributed by atoms with van der Waals surface area (Å²) >= 11 is 0. The summed E-state index contributed by atoms with van der Waals surface area (Å²) in [5.41, 5.74) is -0.914. The van der Waals surface area contributed by atoms with E-state index in [-0.39, 0.29) is 24.2 Å². The lowest BCUT2D eigenvalue weighted by atomic mass is 9.83. The number of rotatable bonds is 7. The van der Waals surface area contributed by atoms with E-state index in [1.165, 1.54) is 0 Å². The number of likely N-dealkylation sites (tertiary alicyclic amines) is 1. The zero-order valence-electron chi connectivity index (χ0n) is 18.3. The van der Waals surface area contributed by atoms with Crippen LogP contribution in [0.15, 0.2) is 12.2 Å². The van der Waals surface area contributed by atoms with E-state index in [1.807, 2.05) is 26.0 Å². The van der Waals surface area contributed by atoms with Crippen molar-refractivity contribution in [2.45, 2.75) is 76.8 Å². The summed E-state index contributed by atoms with van der Waals surface area (Å²) in [6, 6.07) is 1.15. The van der Waals surface area contributed by atoms with E-state index < -0.39 is 41.9 Å². The van der Waals surface area contributed by atoms with E-state index in [9.17, 15) is 24.4 Å². The average molecular weight is 430 g/mol. The fraction of sp³-hybridized carbons (Fsp3) is 0.696. The third kappa shape index (κ3) is 4.97. The first kappa shape index (κ1) is 23.0. The molecule has 1 saturated carbocycles. The van der Waals surface area contributed by atoms with Crippen molar-refractivity contribution in [1.29, 1.82) is 5.26 Å². The molecule has 0 aromatic carbocycles. The van der Waals surface area contributed by atoms with Crippen LogP contribution < -0.4 is 5.32 Å². The van der Waals surface area contributed by atoms with Crippen LogP contribution in [0.25, 0.3) is 0 Å². The molecule has 3 rings (SSSR count). The number of esters is 1. The average Bonchev–Trinajstić information content (AvgIpc) is 3.01. The number of carbonyl (C=O) groups is 4. The van der Waals surface area contributed by atoms with Gasteiger partial charge in [-0.05, 0) is 38.0 Å². The first-order valence-electron chi connectivity index (χ1n) is 11.2. The Balaban J connectivity index is 1.65. The first-order valence-corrected chi connectivity index (χ1v) is 11.2. The number of amides is 3. The molecule has 0 aromatic heterocycles. The van der Waals surface area contributed by atoms with Gasteiger partial charge in [0.1, 0.15) is 11.6 Å². The van der Waals surface area contributed by atoms with Crippen LogP contribution in [0, 0.1) is 29.1 Å².